The largest absolute Gasteiger partial charge is 0.355 e. The Bertz CT molecular complexity index is 668. The van der Waals surface area contributed by atoms with Crippen molar-refractivity contribution in [3.05, 3.63) is 41.0 Å². The van der Waals surface area contributed by atoms with Gasteiger partial charge in [-0.1, -0.05) is 16.8 Å². The fourth-order valence-corrected chi connectivity index (χ4v) is 2.83. The smallest absolute Gasteiger partial charge is 0.276 e. The van der Waals surface area contributed by atoms with Crippen LogP contribution in [0.2, 0.25) is 5.02 Å². The van der Waals surface area contributed by atoms with Gasteiger partial charge in [0.25, 0.3) is 5.91 Å². The summed E-state index contributed by atoms with van der Waals surface area (Å²) in [6, 6.07) is 9.15. The number of rotatable bonds is 3. The molecule has 0 aliphatic carbocycles. The molecule has 1 aliphatic rings. The molecule has 0 saturated carbocycles. The lowest BCUT2D eigenvalue weighted by atomic mass is 10.1. The van der Waals surface area contributed by atoms with Crippen LogP contribution in [0.15, 0.2) is 34.9 Å². The van der Waals surface area contributed by atoms with Crippen molar-refractivity contribution in [1.29, 1.82) is 0 Å². The molecule has 1 atom stereocenters. The van der Waals surface area contributed by atoms with Crippen LogP contribution in [0, 0.1) is 0 Å². The van der Waals surface area contributed by atoms with Crippen LogP contribution in [0.25, 0.3) is 11.3 Å². The highest BCUT2D eigenvalue weighted by molar-refractivity contribution is 6.30. The van der Waals surface area contributed by atoms with Crippen molar-refractivity contribution in [3.63, 3.8) is 0 Å². The first-order chi connectivity index (χ1) is 10.5. The van der Waals surface area contributed by atoms with Gasteiger partial charge >= 0.3 is 0 Å². The van der Waals surface area contributed by atoms with Gasteiger partial charge in [0.1, 0.15) is 0 Å². The number of aromatic nitrogens is 1. The van der Waals surface area contributed by atoms with Crippen molar-refractivity contribution >= 4 is 17.5 Å². The number of amides is 1. The Labute approximate surface area is 134 Å². The van der Waals surface area contributed by atoms with Crippen molar-refractivity contribution in [2.24, 2.45) is 0 Å². The number of likely N-dealkylation sites (N-methyl/N-ethyl adjacent to an activating group) is 2. The molecule has 6 heteroatoms. The van der Waals surface area contributed by atoms with Crippen LogP contribution in [0.4, 0.5) is 0 Å². The zero-order chi connectivity index (χ0) is 15.7. The van der Waals surface area contributed by atoms with E-state index in [4.69, 9.17) is 16.1 Å². The van der Waals surface area contributed by atoms with Gasteiger partial charge < -0.3 is 14.3 Å². The maximum Gasteiger partial charge on any atom is 0.276 e. The fourth-order valence-electron chi connectivity index (χ4n) is 2.70. The molecule has 2 aromatic rings. The fraction of sp³-hybridized carbons (Fsp3) is 0.375. The van der Waals surface area contributed by atoms with Crippen molar-refractivity contribution in [2.45, 2.75) is 12.5 Å². The van der Waals surface area contributed by atoms with Crippen molar-refractivity contribution in [3.8, 4) is 11.3 Å². The van der Waals surface area contributed by atoms with E-state index in [1.54, 1.807) is 23.1 Å². The Morgan fingerprint density at radius 2 is 2.14 bits per heavy atom. The van der Waals surface area contributed by atoms with E-state index in [2.05, 4.69) is 17.1 Å². The highest BCUT2D eigenvalue weighted by atomic mass is 35.5. The van der Waals surface area contributed by atoms with Gasteiger partial charge in [-0.05, 0) is 44.3 Å². The summed E-state index contributed by atoms with van der Waals surface area (Å²) in [5, 5.41) is 4.57. The zero-order valence-corrected chi connectivity index (χ0v) is 13.4. The maximum atomic E-state index is 12.5. The predicted molar refractivity (Wildman–Crippen MR) is 84.9 cm³/mol. The summed E-state index contributed by atoms with van der Waals surface area (Å²) < 4.78 is 5.29. The van der Waals surface area contributed by atoms with Gasteiger partial charge in [0, 0.05) is 36.3 Å². The Hall–Kier alpha value is -1.85. The minimum absolute atomic E-state index is 0.107. The highest BCUT2D eigenvalue weighted by Crippen LogP contribution is 2.23. The first-order valence-corrected chi connectivity index (χ1v) is 7.61. The zero-order valence-electron chi connectivity index (χ0n) is 12.6. The molecule has 0 spiro atoms. The summed E-state index contributed by atoms with van der Waals surface area (Å²) in [6.07, 6.45) is 0.987. The first kappa shape index (κ1) is 15.1. The molecule has 3 rings (SSSR count). The van der Waals surface area contributed by atoms with Crippen LogP contribution in [-0.4, -0.2) is 54.1 Å². The second-order valence-corrected chi connectivity index (χ2v) is 6.14. The predicted octanol–water partition coefficient (Wildman–Crippen LogP) is 2.77. The van der Waals surface area contributed by atoms with Gasteiger partial charge in [0.15, 0.2) is 11.5 Å². The van der Waals surface area contributed by atoms with Crippen LogP contribution in [0.3, 0.4) is 0 Å². The summed E-state index contributed by atoms with van der Waals surface area (Å²) in [4.78, 5) is 16.5. The van der Waals surface area contributed by atoms with E-state index in [1.165, 1.54) is 0 Å². The van der Waals surface area contributed by atoms with E-state index in [0.717, 1.165) is 25.1 Å². The van der Waals surface area contributed by atoms with Crippen LogP contribution in [0.5, 0.6) is 0 Å². The van der Waals surface area contributed by atoms with Gasteiger partial charge in [0.2, 0.25) is 0 Å². The lowest BCUT2D eigenvalue weighted by molar-refractivity contribution is 0.0727. The van der Waals surface area contributed by atoms with Gasteiger partial charge in [-0.3, -0.25) is 4.79 Å². The van der Waals surface area contributed by atoms with E-state index >= 15 is 0 Å². The SMILES string of the molecule is CN1CCC(N(C)C(=O)c2cc(-c3ccc(Cl)cc3)on2)C1. The number of nitrogens with zero attached hydrogens (tertiary/aromatic N) is 3. The molecule has 0 N–H and O–H groups in total. The second kappa shape index (κ2) is 6.10. The number of hydrogen-bond donors (Lipinski definition) is 0. The van der Waals surface area contributed by atoms with Crippen LogP contribution in [-0.2, 0) is 0 Å². The van der Waals surface area contributed by atoms with Gasteiger partial charge in [-0.25, -0.2) is 0 Å². The molecule has 0 radical (unpaired) electrons. The average molecular weight is 320 g/mol. The average Bonchev–Trinajstić information content (AvgIpc) is 3.15. The molecule has 0 bridgehead atoms. The number of carbonyl (C=O) groups is 1. The maximum absolute atomic E-state index is 12.5. The van der Waals surface area contributed by atoms with Crippen LogP contribution >= 0.6 is 11.6 Å². The summed E-state index contributed by atoms with van der Waals surface area (Å²) in [7, 11) is 3.88. The standard InChI is InChI=1S/C16H18ClN3O2/c1-19-8-7-13(10-19)20(2)16(21)14-9-15(22-18-14)11-3-5-12(17)6-4-11/h3-6,9,13H,7-8,10H2,1-2H3. The molecular formula is C16H18ClN3O2. The lowest BCUT2D eigenvalue weighted by Crippen LogP contribution is -2.38. The van der Waals surface area contributed by atoms with Crippen LogP contribution < -0.4 is 0 Å². The molecular weight excluding hydrogens is 302 g/mol. The third kappa shape index (κ3) is 3.00. The quantitative estimate of drug-likeness (QED) is 0.873. The number of likely N-dealkylation sites (tertiary alicyclic amines) is 1. The molecule has 1 aromatic carbocycles. The number of carbonyl (C=O) groups excluding carboxylic acids is 1. The van der Waals surface area contributed by atoms with Crippen molar-refractivity contribution in [1.82, 2.24) is 15.0 Å². The number of halogens is 1. The van der Waals surface area contributed by atoms with Crippen molar-refractivity contribution in [2.75, 3.05) is 27.2 Å². The monoisotopic (exact) mass is 319 g/mol. The van der Waals surface area contributed by atoms with E-state index in [9.17, 15) is 4.79 Å². The Morgan fingerprint density at radius 3 is 2.77 bits per heavy atom. The Kier molecular flexibility index (Phi) is 4.18. The summed E-state index contributed by atoms with van der Waals surface area (Å²) >= 11 is 5.87. The van der Waals surface area contributed by atoms with E-state index < -0.39 is 0 Å². The van der Waals surface area contributed by atoms with Crippen LogP contribution in [0.1, 0.15) is 16.9 Å². The minimum atomic E-state index is -0.107. The Morgan fingerprint density at radius 1 is 1.41 bits per heavy atom. The van der Waals surface area contributed by atoms with E-state index in [-0.39, 0.29) is 11.9 Å². The summed E-state index contributed by atoms with van der Waals surface area (Å²) in [5.41, 5.74) is 1.18. The lowest BCUT2D eigenvalue weighted by Gasteiger charge is -2.23. The number of benzene rings is 1. The molecule has 116 valence electrons. The molecule has 1 amide bonds. The molecule has 1 aliphatic heterocycles. The molecule has 5 nitrogen and oxygen atoms in total. The third-order valence-electron chi connectivity index (χ3n) is 4.09. The molecule has 1 fully saturated rings. The van der Waals surface area contributed by atoms with Gasteiger partial charge in [-0.15, -0.1) is 0 Å². The highest BCUT2D eigenvalue weighted by Gasteiger charge is 2.28. The molecule has 1 unspecified atom stereocenters. The minimum Gasteiger partial charge on any atom is -0.355 e. The van der Waals surface area contributed by atoms with E-state index in [0.29, 0.717) is 16.5 Å². The van der Waals surface area contributed by atoms with Crippen molar-refractivity contribution < 1.29 is 9.32 Å². The topological polar surface area (TPSA) is 49.6 Å². The van der Waals surface area contributed by atoms with Gasteiger partial charge in [0.05, 0.1) is 0 Å². The normalized spacial score (nSPS) is 18.6. The molecule has 1 aromatic heterocycles. The number of hydrogen-bond acceptors (Lipinski definition) is 4. The molecule has 1 saturated heterocycles. The summed E-state index contributed by atoms with van der Waals surface area (Å²) in [6.45, 7) is 1.90. The third-order valence-corrected chi connectivity index (χ3v) is 4.34. The molecule has 22 heavy (non-hydrogen) atoms. The second-order valence-electron chi connectivity index (χ2n) is 5.70. The first-order valence-electron chi connectivity index (χ1n) is 7.23. The van der Waals surface area contributed by atoms with Gasteiger partial charge in [-0.2, -0.15) is 0 Å². The molecule has 2 heterocycles. The Balaban J connectivity index is 1.75. The van der Waals surface area contributed by atoms with E-state index in [1.807, 2.05) is 19.2 Å². The summed E-state index contributed by atoms with van der Waals surface area (Å²) in [5.74, 6) is 0.459.